The van der Waals surface area contributed by atoms with Gasteiger partial charge in [0.2, 0.25) is 5.82 Å². The molecular formula is C14H27N5O2. The summed E-state index contributed by atoms with van der Waals surface area (Å²) in [4.78, 5) is 13.3. The lowest BCUT2D eigenvalue weighted by atomic mass is 10.2. The van der Waals surface area contributed by atoms with Crippen molar-refractivity contribution in [2.24, 2.45) is 7.05 Å². The van der Waals surface area contributed by atoms with Crippen LogP contribution in [-0.4, -0.2) is 45.8 Å². The van der Waals surface area contributed by atoms with Gasteiger partial charge in [-0.25, -0.2) is 4.68 Å². The van der Waals surface area contributed by atoms with Crippen LogP contribution in [0.5, 0.6) is 0 Å². The molecule has 0 spiro atoms. The second-order valence-corrected chi connectivity index (χ2v) is 5.14. The molecule has 7 nitrogen and oxygen atoms in total. The highest BCUT2D eigenvalue weighted by molar-refractivity contribution is 5.59. The second kappa shape index (κ2) is 8.61. The molecule has 1 N–H and O–H groups in total. The molecule has 0 fully saturated rings. The van der Waals surface area contributed by atoms with E-state index in [0.29, 0.717) is 24.5 Å². The van der Waals surface area contributed by atoms with E-state index in [1.807, 2.05) is 6.92 Å². The molecule has 0 aliphatic rings. The number of nitro groups is 1. The average molecular weight is 297 g/mol. The molecule has 0 bridgehead atoms. The first kappa shape index (κ1) is 17.4. The molecule has 0 saturated heterocycles. The third kappa shape index (κ3) is 4.70. The van der Waals surface area contributed by atoms with E-state index in [1.165, 1.54) is 0 Å². The van der Waals surface area contributed by atoms with Gasteiger partial charge >= 0.3 is 5.69 Å². The summed E-state index contributed by atoms with van der Waals surface area (Å²) >= 11 is 0. The van der Waals surface area contributed by atoms with Gasteiger partial charge in [0.25, 0.3) is 0 Å². The maximum Gasteiger partial charge on any atom is 0.333 e. The smallest absolute Gasteiger partial charge is 0.333 e. The number of hydrogen-bond donors (Lipinski definition) is 1. The molecule has 1 aromatic rings. The molecule has 0 radical (unpaired) electrons. The largest absolute Gasteiger partial charge is 0.363 e. The van der Waals surface area contributed by atoms with Crippen LogP contribution in [0.2, 0.25) is 0 Å². The van der Waals surface area contributed by atoms with Crippen molar-refractivity contribution in [1.29, 1.82) is 0 Å². The Bertz CT molecular complexity index is 458. The highest BCUT2D eigenvalue weighted by Crippen LogP contribution is 2.28. The van der Waals surface area contributed by atoms with Gasteiger partial charge in [-0.1, -0.05) is 27.2 Å². The van der Waals surface area contributed by atoms with Gasteiger partial charge in [0.05, 0.1) is 4.92 Å². The molecule has 0 unspecified atom stereocenters. The predicted molar refractivity (Wildman–Crippen MR) is 84.8 cm³/mol. The minimum Gasteiger partial charge on any atom is -0.363 e. The molecule has 0 aromatic carbocycles. The number of aryl methyl sites for hydroxylation is 2. The molecule has 7 heteroatoms. The van der Waals surface area contributed by atoms with Crippen LogP contribution in [0.1, 0.15) is 39.3 Å². The Labute approximate surface area is 126 Å². The van der Waals surface area contributed by atoms with E-state index in [0.717, 1.165) is 32.5 Å². The first-order valence-corrected chi connectivity index (χ1v) is 7.71. The lowest BCUT2D eigenvalue weighted by molar-refractivity contribution is -0.384. The normalized spacial score (nSPS) is 11.1. The van der Waals surface area contributed by atoms with E-state index < -0.39 is 0 Å². The predicted octanol–water partition coefficient (Wildman–Crippen LogP) is 2.42. The summed E-state index contributed by atoms with van der Waals surface area (Å²) in [5.41, 5.74) is 0.686. The third-order valence-corrected chi connectivity index (χ3v) is 3.47. The summed E-state index contributed by atoms with van der Waals surface area (Å²) in [5.74, 6) is 0.510. The van der Waals surface area contributed by atoms with Crippen LogP contribution in [0, 0.1) is 10.1 Å². The number of aromatic nitrogens is 2. The maximum absolute atomic E-state index is 11.3. The Morgan fingerprint density at radius 2 is 2.00 bits per heavy atom. The molecule has 0 amide bonds. The zero-order valence-electron chi connectivity index (χ0n) is 13.6. The zero-order chi connectivity index (χ0) is 15.8. The molecule has 1 rings (SSSR count). The summed E-state index contributed by atoms with van der Waals surface area (Å²) in [5, 5.41) is 18.7. The van der Waals surface area contributed by atoms with Crippen molar-refractivity contribution in [3.8, 4) is 0 Å². The minimum atomic E-state index is -0.329. The quantitative estimate of drug-likeness (QED) is 0.530. The van der Waals surface area contributed by atoms with E-state index in [1.54, 1.807) is 11.7 Å². The van der Waals surface area contributed by atoms with Crippen molar-refractivity contribution >= 4 is 11.5 Å². The van der Waals surface area contributed by atoms with Crippen LogP contribution in [0.4, 0.5) is 11.5 Å². The Morgan fingerprint density at radius 3 is 2.52 bits per heavy atom. The first-order chi connectivity index (χ1) is 10.0. The van der Waals surface area contributed by atoms with Crippen molar-refractivity contribution < 1.29 is 4.92 Å². The van der Waals surface area contributed by atoms with Gasteiger partial charge in [0.15, 0.2) is 0 Å². The van der Waals surface area contributed by atoms with Gasteiger partial charge in [-0.05, 0) is 25.9 Å². The number of anilines is 1. The van der Waals surface area contributed by atoms with Crippen LogP contribution >= 0.6 is 0 Å². The monoisotopic (exact) mass is 297 g/mol. The van der Waals surface area contributed by atoms with E-state index in [2.05, 4.69) is 29.2 Å². The molecule has 1 aromatic heterocycles. The van der Waals surface area contributed by atoms with Crippen molar-refractivity contribution in [2.45, 2.75) is 40.0 Å². The topological polar surface area (TPSA) is 76.2 Å². The third-order valence-electron chi connectivity index (χ3n) is 3.47. The molecule has 1 heterocycles. The van der Waals surface area contributed by atoms with Crippen molar-refractivity contribution in [2.75, 3.05) is 31.5 Å². The number of nitrogens with one attached hydrogen (secondary N) is 1. The summed E-state index contributed by atoms with van der Waals surface area (Å²) in [7, 11) is 1.75. The summed E-state index contributed by atoms with van der Waals surface area (Å²) < 4.78 is 1.58. The van der Waals surface area contributed by atoms with Gasteiger partial charge in [0.1, 0.15) is 5.69 Å². The Hall–Kier alpha value is -1.63. The lowest BCUT2D eigenvalue weighted by Gasteiger charge is -2.19. The van der Waals surface area contributed by atoms with Crippen LogP contribution in [0.15, 0.2) is 0 Å². The summed E-state index contributed by atoms with van der Waals surface area (Å²) in [6.07, 6.45) is 2.58. The van der Waals surface area contributed by atoms with Crippen LogP contribution < -0.4 is 5.32 Å². The Kier molecular flexibility index (Phi) is 7.14. The lowest BCUT2D eigenvalue weighted by Crippen LogP contribution is -2.30. The fourth-order valence-electron chi connectivity index (χ4n) is 2.44. The van der Waals surface area contributed by atoms with E-state index in [4.69, 9.17) is 0 Å². The highest BCUT2D eigenvalue weighted by atomic mass is 16.6. The van der Waals surface area contributed by atoms with Crippen molar-refractivity contribution in [1.82, 2.24) is 14.7 Å². The average Bonchev–Trinajstić information content (AvgIpc) is 2.74. The fourth-order valence-corrected chi connectivity index (χ4v) is 2.44. The van der Waals surface area contributed by atoms with E-state index in [-0.39, 0.29) is 10.6 Å². The van der Waals surface area contributed by atoms with Gasteiger partial charge < -0.3 is 10.2 Å². The summed E-state index contributed by atoms with van der Waals surface area (Å²) in [6.45, 7) is 9.86. The second-order valence-electron chi connectivity index (χ2n) is 5.14. The molecule has 0 aliphatic heterocycles. The van der Waals surface area contributed by atoms with Crippen LogP contribution in [0.3, 0.4) is 0 Å². The van der Waals surface area contributed by atoms with Gasteiger partial charge in [0, 0.05) is 20.1 Å². The molecule has 0 atom stereocenters. The van der Waals surface area contributed by atoms with E-state index in [9.17, 15) is 10.1 Å². The van der Waals surface area contributed by atoms with Crippen molar-refractivity contribution in [3.63, 3.8) is 0 Å². The molecule has 21 heavy (non-hydrogen) atoms. The van der Waals surface area contributed by atoms with Gasteiger partial charge in [-0.3, -0.25) is 10.1 Å². The van der Waals surface area contributed by atoms with Crippen molar-refractivity contribution in [3.05, 3.63) is 15.8 Å². The Balaban J connectivity index is 2.76. The Morgan fingerprint density at radius 1 is 1.29 bits per heavy atom. The standard InChI is InChI=1S/C14H27N5O2/c1-5-8-12-13(19(20)21)14(17(4)16-12)15-9-11-18(7-3)10-6-2/h15H,5-11H2,1-4H3. The van der Waals surface area contributed by atoms with Crippen LogP contribution in [-0.2, 0) is 13.5 Å². The molecule has 0 saturated carbocycles. The fraction of sp³-hybridized carbons (Fsp3) is 0.786. The number of rotatable bonds is 10. The SMILES string of the molecule is CCCc1nn(C)c(NCCN(CC)CCC)c1[N+](=O)[O-]. The first-order valence-electron chi connectivity index (χ1n) is 7.71. The molecule has 0 aliphatic carbocycles. The summed E-state index contributed by atoms with van der Waals surface area (Å²) in [6, 6.07) is 0. The number of nitrogens with zero attached hydrogens (tertiary/aromatic N) is 4. The molecular weight excluding hydrogens is 270 g/mol. The van der Waals surface area contributed by atoms with Crippen LogP contribution in [0.25, 0.3) is 0 Å². The maximum atomic E-state index is 11.3. The number of likely N-dealkylation sites (N-methyl/N-ethyl adjacent to an activating group) is 1. The molecule has 120 valence electrons. The highest BCUT2D eigenvalue weighted by Gasteiger charge is 2.25. The zero-order valence-corrected chi connectivity index (χ0v) is 13.6. The van der Waals surface area contributed by atoms with Gasteiger partial charge in [-0.2, -0.15) is 5.10 Å². The van der Waals surface area contributed by atoms with Gasteiger partial charge in [-0.15, -0.1) is 0 Å². The van der Waals surface area contributed by atoms with E-state index >= 15 is 0 Å². The minimum absolute atomic E-state index is 0.123. The number of hydrogen-bond acceptors (Lipinski definition) is 5.